The van der Waals surface area contributed by atoms with Gasteiger partial charge in [0.05, 0.1) is 11.1 Å². The van der Waals surface area contributed by atoms with Crippen molar-refractivity contribution in [1.82, 2.24) is 5.32 Å². The molecule has 1 atom stereocenters. The molecule has 0 heterocycles. The third-order valence-electron chi connectivity index (χ3n) is 3.93. The predicted octanol–water partition coefficient (Wildman–Crippen LogP) is 4.71. The fourth-order valence-corrected chi connectivity index (χ4v) is 3.26. The molecule has 1 aliphatic rings. The van der Waals surface area contributed by atoms with Gasteiger partial charge in [0.2, 0.25) is 0 Å². The van der Waals surface area contributed by atoms with Crippen LogP contribution in [0.3, 0.4) is 0 Å². The van der Waals surface area contributed by atoms with Gasteiger partial charge in [-0.1, -0.05) is 11.6 Å². The summed E-state index contributed by atoms with van der Waals surface area (Å²) in [6.07, 6.45) is 3.44. The van der Waals surface area contributed by atoms with E-state index in [0.29, 0.717) is 27.1 Å². The highest BCUT2D eigenvalue weighted by Gasteiger charge is 2.32. The quantitative estimate of drug-likeness (QED) is 0.738. The number of hydrogen-bond acceptors (Lipinski definition) is 2. The Morgan fingerprint density at radius 2 is 2.20 bits per heavy atom. The Morgan fingerprint density at radius 1 is 1.50 bits per heavy atom. The van der Waals surface area contributed by atoms with Crippen LogP contribution in [0.5, 0.6) is 0 Å². The second kappa shape index (κ2) is 7.21. The van der Waals surface area contributed by atoms with Crippen molar-refractivity contribution in [3.63, 3.8) is 0 Å². The molecule has 1 aromatic carbocycles. The Labute approximate surface area is 133 Å². The molecule has 0 saturated heterocycles. The molecule has 0 radical (unpaired) electrons. The second-order valence-corrected chi connectivity index (χ2v) is 6.54. The summed E-state index contributed by atoms with van der Waals surface area (Å²) in [6, 6.07) is 3.14. The van der Waals surface area contributed by atoms with Crippen molar-refractivity contribution in [3.05, 3.63) is 33.0 Å². The lowest BCUT2D eigenvalue weighted by atomic mass is 9.77. The van der Waals surface area contributed by atoms with E-state index in [0.717, 1.165) is 25.9 Å². The minimum absolute atomic E-state index is 0.00632. The van der Waals surface area contributed by atoms with Gasteiger partial charge in [0.1, 0.15) is 5.82 Å². The zero-order valence-electron chi connectivity index (χ0n) is 11.8. The molecule has 1 N–H and O–H groups in total. The number of halogens is 3. The van der Waals surface area contributed by atoms with E-state index in [4.69, 9.17) is 16.3 Å². The van der Waals surface area contributed by atoms with Crippen LogP contribution in [0.1, 0.15) is 37.8 Å². The van der Waals surface area contributed by atoms with Crippen molar-refractivity contribution < 1.29 is 9.13 Å². The van der Waals surface area contributed by atoms with Crippen LogP contribution in [0, 0.1) is 11.7 Å². The molecular formula is C15H20BrClFNO. The first-order valence-electron chi connectivity index (χ1n) is 6.98. The molecule has 1 saturated carbocycles. The van der Waals surface area contributed by atoms with E-state index in [1.807, 2.05) is 14.0 Å². The average Bonchev–Trinajstić information content (AvgIpc) is 2.37. The maximum Gasteiger partial charge on any atom is 0.129 e. The topological polar surface area (TPSA) is 21.3 Å². The van der Waals surface area contributed by atoms with E-state index in [9.17, 15) is 4.39 Å². The second-order valence-electron chi connectivity index (χ2n) is 5.28. The summed E-state index contributed by atoms with van der Waals surface area (Å²) in [5.41, 5.74) is 0.639. The summed E-state index contributed by atoms with van der Waals surface area (Å²) < 4.78 is 20.2. The Morgan fingerprint density at radius 3 is 2.80 bits per heavy atom. The lowest BCUT2D eigenvalue weighted by Crippen LogP contribution is -2.34. The van der Waals surface area contributed by atoms with E-state index in [2.05, 4.69) is 21.2 Å². The zero-order chi connectivity index (χ0) is 14.7. The molecule has 2 rings (SSSR count). The molecule has 2 nitrogen and oxygen atoms in total. The monoisotopic (exact) mass is 363 g/mol. The van der Waals surface area contributed by atoms with Crippen molar-refractivity contribution >= 4 is 27.5 Å². The number of ether oxygens (including phenoxy) is 1. The van der Waals surface area contributed by atoms with Gasteiger partial charge in [-0.2, -0.15) is 0 Å². The van der Waals surface area contributed by atoms with Crippen molar-refractivity contribution in [1.29, 1.82) is 0 Å². The van der Waals surface area contributed by atoms with E-state index >= 15 is 0 Å². The number of rotatable bonds is 6. The summed E-state index contributed by atoms with van der Waals surface area (Å²) in [6.45, 7) is 2.78. The Balaban J connectivity index is 2.01. The number of nitrogens with one attached hydrogen (secondary N) is 1. The van der Waals surface area contributed by atoms with Gasteiger partial charge in [0, 0.05) is 22.7 Å². The van der Waals surface area contributed by atoms with Gasteiger partial charge in [-0.25, -0.2) is 4.39 Å². The summed E-state index contributed by atoms with van der Waals surface area (Å²) in [4.78, 5) is 0. The van der Waals surface area contributed by atoms with Crippen LogP contribution in [-0.2, 0) is 4.74 Å². The van der Waals surface area contributed by atoms with Gasteiger partial charge in [-0.3, -0.25) is 0 Å². The maximum atomic E-state index is 14.1. The van der Waals surface area contributed by atoms with E-state index in [1.54, 1.807) is 6.07 Å². The highest BCUT2D eigenvalue weighted by atomic mass is 79.9. The van der Waals surface area contributed by atoms with Gasteiger partial charge in [-0.15, -0.1) is 0 Å². The van der Waals surface area contributed by atoms with E-state index in [-0.39, 0.29) is 11.9 Å². The molecule has 1 aromatic rings. The lowest BCUT2D eigenvalue weighted by molar-refractivity contribution is -0.0290. The van der Waals surface area contributed by atoms with Gasteiger partial charge in [-0.05, 0) is 67.2 Å². The van der Waals surface area contributed by atoms with Crippen LogP contribution in [0.4, 0.5) is 4.39 Å². The molecule has 1 aliphatic carbocycles. The summed E-state index contributed by atoms with van der Waals surface area (Å²) >= 11 is 9.32. The SMILES string of the molecule is CCOC1CC(CC(NC)c2cc(Cl)c(Br)cc2F)C1. The molecule has 1 fully saturated rings. The maximum absolute atomic E-state index is 14.1. The van der Waals surface area contributed by atoms with Crippen LogP contribution < -0.4 is 5.32 Å². The zero-order valence-corrected chi connectivity index (χ0v) is 14.1. The van der Waals surface area contributed by atoms with Crippen molar-refractivity contribution in [2.24, 2.45) is 5.92 Å². The molecule has 0 aromatic heterocycles. The Kier molecular flexibility index (Phi) is 5.84. The minimum Gasteiger partial charge on any atom is -0.378 e. The first-order valence-corrected chi connectivity index (χ1v) is 8.15. The van der Waals surface area contributed by atoms with Gasteiger partial charge < -0.3 is 10.1 Å². The summed E-state index contributed by atoms with van der Waals surface area (Å²) in [7, 11) is 1.86. The molecule has 0 bridgehead atoms. The highest BCUT2D eigenvalue weighted by molar-refractivity contribution is 9.10. The van der Waals surface area contributed by atoms with Crippen LogP contribution >= 0.6 is 27.5 Å². The van der Waals surface area contributed by atoms with Crippen molar-refractivity contribution in [3.8, 4) is 0 Å². The lowest BCUT2D eigenvalue weighted by Gasteiger charge is -2.37. The van der Waals surface area contributed by atoms with E-state index < -0.39 is 0 Å². The third-order valence-corrected chi connectivity index (χ3v) is 5.12. The molecule has 5 heteroatoms. The van der Waals surface area contributed by atoms with Crippen LogP contribution in [0.25, 0.3) is 0 Å². The molecule has 112 valence electrons. The Hall–Kier alpha value is -0.160. The third kappa shape index (κ3) is 3.73. The number of benzene rings is 1. The van der Waals surface area contributed by atoms with Crippen LogP contribution in [0.2, 0.25) is 5.02 Å². The standard InChI is InChI=1S/C15H20BrClFNO/c1-3-20-10-4-9(5-10)6-15(19-2)11-7-13(17)12(16)8-14(11)18/h7-10,15,19H,3-6H2,1-2H3. The smallest absolute Gasteiger partial charge is 0.129 e. The predicted molar refractivity (Wildman–Crippen MR) is 83.7 cm³/mol. The van der Waals surface area contributed by atoms with Crippen LogP contribution in [0.15, 0.2) is 16.6 Å². The summed E-state index contributed by atoms with van der Waals surface area (Å²) in [5, 5.41) is 3.74. The minimum atomic E-state index is -0.221. The molecule has 0 amide bonds. The molecular weight excluding hydrogens is 345 g/mol. The average molecular weight is 365 g/mol. The van der Waals surface area contributed by atoms with Crippen LogP contribution in [-0.4, -0.2) is 19.8 Å². The van der Waals surface area contributed by atoms with Gasteiger partial charge in [0.25, 0.3) is 0 Å². The highest BCUT2D eigenvalue weighted by Crippen LogP contribution is 2.38. The van der Waals surface area contributed by atoms with Gasteiger partial charge in [0.15, 0.2) is 0 Å². The summed E-state index contributed by atoms with van der Waals surface area (Å²) in [5.74, 6) is 0.368. The fourth-order valence-electron chi connectivity index (χ4n) is 2.78. The molecule has 0 aliphatic heterocycles. The number of hydrogen-bond donors (Lipinski definition) is 1. The van der Waals surface area contributed by atoms with Gasteiger partial charge >= 0.3 is 0 Å². The Bertz CT molecular complexity index is 465. The normalized spacial score (nSPS) is 23.4. The molecule has 1 unspecified atom stereocenters. The fraction of sp³-hybridized carbons (Fsp3) is 0.600. The molecule has 0 spiro atoms. The first-order chi connectivity index (χ1) is 9.55. The van der Waals surface area contributed by atoms with E-state index in [1.165, 1.54) is 6.07 Å². The van der Waals surface area contributed by atoms with Crippen molar-refractivity contribution in [2.75, 3.05) is 13.7 Å². The van der Waals surface area contributed by atoms with Crippen molar-refractivity contribution in [2.45, 2.75) is 38.3 Å². The first kappa shape index (κ1) is 16.2. The largest absolute Gasteiger partial charge is 0.378 e. The molecule has 20 heavy (non-hydrogen) atoms.